The van der Waals surface area contributed by atoms with Gasteiger partial charge in [-0.1, -0.05) is 12.1 Å². The van der Waals surface area contributed by atoms with E-state index < -0.39 is 23.4 Å². The summed E-state index contributed by atoms with van der Waals surface area (Å²) in [7, 11) is 1.53. The summed E-state index contributed by atoms with van der Waals surface area (Å²) in [6, 6.07) is 10.8. The Bertz CT molecular complexity index is 1100. The van der Waals surface area contributed by atoms with E-state index in [4.69, 9.17) is 4.74 Å². The van der Waals surface area contributed by atoms with E-state index >= 15 is 0 Å². The molecule has 0 spiro atoms. The van der Waals surface area contributed by atoms with Crippen LogP contribution in [0.3, 0.4) is 0 Å². The molecule has 160 valence electrons. The van der Waals surface area contributed by atoms with Crippen molar-refractivity contribution in [1.82, 2.24) is 15.8 Å². The first-order valence-electron chi connectivity index (χ1n) is 9.46. The molecule has 0 radical (unpaired) electrons. The van der Waals surface area contributed by atoms with Gasteiger partial charge in [0.2, 0.25) is 5.91 Å². The predicted molar refractivity (Wildman–Crippen MR) is 114 cm³/mol. The number of thioether (sulfide) groups is 1. The van der Waals surface area contributed by atoms with E-state index in [0.29, 0.717) is 22.0 Å². The molecule has 0 saturated carbocycles. The maximum Gasteiger partial charge on any atom is 0.344 e. The number of anilines is 1. The van der Waals surface area contributed by atoms with Crippen LogP contribution in [0.5, 0.6) is 5.75 Å². The number of hydrogen-bond acceptors (Lipinski definition) is 6. The van der Waals surface area contributed by atoms with Crippen LogP contribution in [-0.2, 0) is 15.1 Å². The number of fused-ring (bicyclic) bond motifs is 1. The van der Waals surface area contributed by atoms with Gasteiger partial charge in [-0.2, -0.15) is 5.01 Å². The quantitative estimate of drug-likeness (QED) is 0.628. The van der Waals surface area contributed by atoms with Gasteiger partial charge in [-0.25, -0.2) is 4.79 Å². The molecule has 2 atom stereocenters. The molecule has 0 bridgehead atoms. The second-order valence-corrected chi connectivity index (χ2v) is 8.71. The molecule has 2 aromatic rings. The van der Waals surface area contributed by atoms with Gasteiger partial charge in [-0.15, -0.1) is 11.8 Å². The molecular weight excluding hydrogens is 420 g/mol. The van der Waals surface area contributed by atoms with Gasteiger partial charge in [0.05, 0.1) is 18.0 Å². The van der Waals surface area contributed by atoms with E-state index in [0.717, 1.165) is 4.90 Å². The molecule has 3 N–H and O–H groups in total. The van der Waals surface area contributed by atoms with Crippen LogP contribution < -0.4 is 20.8 Å². The molecular formula is C21H20N4O5S. The van der Waals surface area contributed by atoms with Crippen LogP contribution in [0.2, 0.25) is 0 Å². The minimum absolute atomic E-state index is 0.153. The van der Waals surface area contributed by atoms with Crippen molar-refractivity contribution in [2.24, 2.45) is 0 Å². The zero-order valence-corrected chi connectivity index (χ0v) is 17.8. The highest BCUT2D eigenvalue weighted by Crippen LogP contribution is 2.36. The highest BCUT2D eigenvalue weighted by molar-refractivity contribution is 8.00. The molecule has 0 unspecified atom stereocenters. The zero-order chi connectivity index (χ0) is 22.3. The first-order chi connectivity index (χ1) is 14.7. The fraction of sp³-hybridized carbons (Fsp3) is 0.238. The SMILES string of the molecule is COc1ccc([C@]2(C)NC(=O)N(NC(=O)c3ccc4c(c3)NC(=O)[C@H](C)S4)C2=O)cc1. The van der Waals surface area contributed by atoms with Gasteiger partial charge in [0.15, 0.2) is 0 Å². The van der Waals surface area contributed by atoms with Gasteiger partial charge in [-0.05, 0) is 49.7 Å². The van der Waals surface area contributed by atoms with Crippen molar-refractivity contribution in [1.29, 1.82) is 0 Å². The van der Waals surface area contributed by atoms with Crippen LogP contribution in [0, 0.1) is 0 Å². The van der Waals surface area contributed by atoms with E-state index in [-0.39, 0.29) is 16.7 Å². The number of amides is 5. The van der Waals surface area contributed by atoms with Gasteiger partial charge in [0.1, 0.15) is 11.3 Å². The van der Waals surface area contributed by atoms with Gasteiger partial charge in [0, 0.05) is 10.5 Å². The second-order valence-electron chi connectivity index (χ2n) is 7.33. The molecule has 5 amide bonds. The zero-order valence-electron chi connectivity index (χ0n) is 17.0. The number of methoxy groups -OCH3 is 1. The van der Waals surface area contributed by atoms with E-state index in [1.807, 2.05) is 0 Å². The monoisotopic (exact) mass is 440 g/mol. The second kappa shape index (κ2) is 7.62. The number of nitrogens with zero attached hydrogens (tertiary/aromatic N) is 1. The maximum atomic E-state index is 13.0. The van der Waals surface area contributed by atoms with Crippen molar-refractivity contribution < 1.29 is 23.9 Å². The fourth-order valence-corrected chi connectivity index (χ4v) is 4.31. The van der Waals surface area contributed by atoms with Crippen molar-refractivity contribution in [3.8, 4) is 5.75 Å². The van der Waals surface area contributed by atoms with Crippen LogP contribution in [0.4, 0.5) is 10.5 Å². The van der Waals surface area contributed by atoms with E-state index in [1.165, 1.54) is 24.9 Å². The van der Waals surface area contributed by atoms with Crippen molar-refractivity contribution in [2.75, 3.05) is 12.4 Å². The lowest BCUT2D eigenvalue weighted by molar-refractivity contribution is -0.132. The largest absolute Gasteiger partial charge is 0.497 e. The number of hydrazine groups is 1. The Morgan fingerprint density at radius 1 is 1.16 bits per heavy atom. The first kappa shape index (κ1) is 20.7. The minimum atomic E-state index is -1.34. The summed E-state index contributed by atoms with van der Waals surface area (Å²) in [4.78, 5) is 51.0. The topological polar surface area (TPSA) is 117 Å². The summed E-state index contributed by atoms with van der Waals surface area (Å²) < 4.78 is 5.12. The van der Waals surface area contributed by atoms with Gasteiger partial charge >= 0.3 is 6.03 Å². The minimum Gasteiger partial charge on any atom is -0.497 e. The number of urea groups is 1. The average Bonchev–Trinajstić information content (AvgIpc) is 2.98. The lowest BCUT2D eigenvalue weighted by atomic mass is 9.92. The molecule has 2 heterocycles. The normalized spacial score (nSPS) is 22.5. The number of hydrogen-bond donors (Lipinski definition) is 3. The van der Waals surface area contributed by atoms with Crippen LogP contribution >= 0.6 is 11.8 Å². The van der Waals surface area contributed by atoms with Crippen LogP contribution in [0.1, 0.15) is 29.8 Å². The van der Waals surface area contributed by atoms with E-state index in [9.17, 15) is 19.2 Å². The summed E-state index contributed by atoms with van der Waals surface area (Å²) >= 11 is 1.39. The first-order valence-corrected chi connectivity index (χ1v) is 10.3. The molecule has 0 aromatic heterocycles. The van der Waals surface area contributed by atoms with Crippen molar-refractivity contribution >= 4 is 41.2 Å². The number of imide groups is 1. The lowest BCUT2D eigenvalue weighted by Gasteiger charge is -2.23. The number of carbonyl (C=O) groups excluding carboxylic acids is 4. The van der Waals surface area contributed by atoms with Gasteiger partial charge in [0.25, 0.3) is 11.8 Å². The molecule has 9 nitrogen and oxygen atoms in total. The maximum absolute atomic E-state index is 13.0. The fourth-order valence-electron chi connectivity index (χ4n) is 3.38. The standard InChI is InChI=1S/C21H20N4O5S/c1-11-17(26)22-15-10-12(4-9-16(15)31-11)18(27)24-25-19(28)21(2,23-20(25)29)13-5-7-14(30-3)8-6-13/h4-11H,1-3H3,(H,22,26)(H,23,29)(H,24,27)/t11-,21-/m0/s1. The van der Waals surface area contributed by atoms with Crippen molar-refractivity contribution in [2.45, 2.75) is 29.5 Å². The Balaban J connectivity index is 1.53. The van der Waals surface area contributed by atoms with Gasteiger partial charge < -0.3 is 15.4 Å². The smallest absolute Gasteiger partial charge is 0.344 e. The molecule has 2 aromatic carbocycles. The van der Waals surface area contributed by atoms with E-state index in [1.54, 1.807) is 50.2 Å². The third-order valence-corrected chi connectivity index (χ3v) is 6.42. The average molecular weight is 440 g/mol. The highest BCUT2D eigenvalue weighted by atomic mass is 32.2. The molecule has 2 aliphatic rings. The molecule has 31 heavy (non-hydrogen) atoms. The third-order valence-electron chi connectivity index (χ3n) is 5.24. The Morgan fingerprint density at radius 2 is 1.87 bits per heavy atom. The Morgan fingerprint density at radius 3 is 2.55 bits per heavy atom. The molecule has 2 aliphatic heterocycles. The molecule has 10 heteroatoms. The molecule has 0 aliphatic carbocycles. The number of rotatable bonds is 4. The molecule has 4 rings (SSSR count). The summed E-state index contributed by atoms with van der Waals surface area (Å²) in [5.74, 6) is -0.810. The Labute approximate surface area is 182 Å². The van der Waals surface area contributed by atoms with Crippen molar-refractivity contribution in [3.63, 3.8) is 0 Å². The summed E-state index contributed by atoms with van der Waals surface area (Å²) in [6.45, 7) is 3.36. The number of carbonyl (C=O) groups is 4. The summed E-state index contributed by atoms with van der Waals surface area (Å²) in [6.07, 6.45) is 0. The summed E-state index contributed by atoms with van der Waals surface area (Å²) in [5.41, 5.74) is 2.28. The van der Waals surface area contributed by atoms with Crippen LogP contribution in [-0.4, -0.2) is 41.1 Å². The van der Waals surface area contributed by atoms with Crippen molar-refractivity contribution in [3.05, 3.63) is 53.6 Å². The van der Waals surface area contributed by atoms with Crippen LogP contribution in [0.15, 0.2) is 47.4 Å². The number of nitrogens with one attached hydrogen (secondary N) is 3. The number of benzene rings is 2. The Kier molecular flexibility index (Phi) is 5.10. The summed E-state index contributed by atoms with van der Waals surface area (Å²) in [5, 5.41) is 5.81. The van der Waals surface area contributed by atoms with Crippen LogP contribution in [0.25, 0.3) is 0 Å². The highest BCUT2D eigenvalue weighted by Gasteiger charge is 2.50. The lowest BCUT2D eigenvalue weighted by Crippen LogP contribution is -2.47. The molecule has 1 fully saturated rings. The Hall–Kier alpha value is -3.53. The predicted octanol–water partition coefficient (Wildman–Crippen LogP) is 2.24. The third kappa shape index (κ3) is 3.59. The molecule has 1 saturated heterocycles. The van der Waals surface area contributed by atoms with Gasteiger partial charge in [-0.3, -0.25) is 19.8 Å². The number of ether oxygens (including phenoxy) is 1. The van der Waals surface area contributed by atoms with E-state index in [2.05, 4.69) is 16.1 Å².